The second-order valence-corrected chi connectivity index (χ2v) is 13.6. The number of phosphoric acid groups is 2. The first-order valence-electron chi connectivity index (χ1n) is 13.1. The average Bonchev–Trinajstić information content (AvgIpc) is 3.46. The van der Waals surface area contributed by atoms with Gasteiger partial charge in [-0.05, 0) is 50.7 Å². The third kappa shape index (κ3) is 12.1. The van der Waals surface area contributed by atoms with Crippen LogP contribution in [0.5, 0.6) is 0 Å². The Hall–Kier alpha value is -0.570. The maximum absolute atomic E-state index is 12.8. The van der Waals surface area contributed by atoms with E-state index in [-0.39, 0.29) is 57.4 Å². The highest BCUT2D eigenvalue weighted by atomic mass is 32.2. The van der Waals surface area contributed by atoms with Crippen molar-refractivity contribution in [2.24, 2.45) is 5.73 Å². The summed E-state index contributed by atoms with van der Waals surface area (Å²) in [4.78, 5) is 48.3. The minimum absolute atomic E-state index is 0.0391. The predicted molar refractivity (Wildman–Crippen MR) is 145 cm³/mol. The minimum atomic E-state index is -4.61. The summed E-state index contributed by atoms with van der Waals surface area (Å²) in [6.07, 6.45) is 3.91. The molecule has 17 heteroatoms. The first-order chi connectivity index (χ1) is 18.4. The number of β-amino-alcohol motifs (C(OH)–C–C–N with tert-alkyl or cyclic N) is 1. The molecule has 2 amide bonds. The molecule has 2 fully saturated rings. The number of aliphatic hydroxyl groups is 1. The van der Waals surface area contributed by atoms with E-state index in [2.05, 4.69) is 4.52 Å². The predicted octanol–water partition coefficient (Wildman–Crippen LogP) is 1.48. The molecule has 0 radical (unpaired) electrons. The van der Waals surface area contributed by atoms with Crippen LogP contribution < -0.4 is 5.73 Å². The van der Waals surface area contributed by atoms with Crippen LogP contribution >= 0.6 is 27.4 Å². The van der Waals surface area contributed by atoms with Gasteiger partial charge < -0.3 is 30.4 Å². The molecule has 2 saturated heterocycles. The Morgan fingerprint density at radius 3 is 2.13 bits per heavy atom. The van der Waals surface area contributed by atoms with Gasteiger partial charge in [-0.2, -0.15) is 11.8 Å². The Kier molecular flexibility index (Phi) is 14.9. The molecule has 14 nitrogen and oxygen atoms in total. The molecule has 0 spiro atoms. The molecule has 228 valence electrons. The average molecular weight is 620 g/mol. The number of amides is 2. The number of rotatable bonds is 18. The first kappa shape index (κ1) is 34.6. The number of hydrogen-bond acceptors (Lipinski definition) is 11. The Morgan fingerprint density at radius 2 is 1.51 bits per heavy atom. The van der Waals surface area contributed by atoms with E-state index in [4.69, 9.17) is 19.3 Å². The van der Waals surface area contributed by atoms with Crippen LogP contribution in [0.1, 0.15) is 51.4 Å². The summed E-state index contributed by atoms with van der Waals surface area (Å²) in [5.74, 6) is 0.422. The second kappa shape index (κ2) is 16.8. The van der Waals surface area contributed by atoms with Crippen LogP contribution in [-0.4, -0.2) is 113 Å². The van der Waals surface area contributed by atoms with E-state index in [1.807, 2.05) is 6.26 Å². The number of nitrogens with two attached hydrogens (primary N) is 1. The topological polar surface area (TPSA) is 198 Å². The monoisotopic (exact) mass is 619 g/mol. The summed E-state index contributed by atoms with van der Waals surface area (Å²) < 4.78 is 44.5. The summed E-state index contributed by atoms with van der Waals surface area (Å²) in [6, 6.07) is -1.26. The van der Waals surface area contributed by atoms with Gasteiger partial charge in [0.05, 0.1) is 37.5 Å². The van der Waals surface area contributed by atoms with Crippen molar-refractivity contribution in [3.8, 4) is 0 Å². The van der Waals surface area contributed by atoms with E-state index in [1.54, 1.807) is 11.8 Å². The zero-order chi connectivity index (χ0) is 29.1. The third-order valence-electron chi connectivity index (χ3n) is 6.62. The quantitative estimate of drug-likeness (QED) is 0.127. The number of hydrogen-bond donors (Lipinski definition) is 4. The fraction of sp³-hybridized carbons (Fsp3) is 0.909. The molecule has 5 N–H and O–H groups in total. The Bertz CT molecular complexity index is 886. The van der Waals surface area contributed by atoms with E-state index >= 15 is 0 Å². The standard InChI is InChI=1S/C22H43N3O11P2S/c1-33-37(29,30)34-16-18-12-20(14-25(18)21(27)7-4-3-5-9-23)36-38(31,32)35-15-17-11-19(26)13-24(17)22(28)8-6-10-39-2/h17-20,26H,3-16,23H2,1-2H3,(H,29,30)(H,31,32)/t17-,18-,19+,20?/m0/s1. The highest BCUT2D eigenvalue weighted by Gasteiger charge is 2.42. The number of likely N-dealkylation sites (tertiary alicyclic amines) is 2. The summed E-state index contributed by atoms with van der Waals surface area (Å²) >= 11 is 1.63. The second-order valence-electron chi connectivity index (χ2n) is 9.66. The van der Waals surface area contributed by atoms with Gasteiger partial charge in [-0.15, -0.1) is 0 Å². The van der Waals surface area contributed by atoms with Crippen molar-refractivity contribution >= 4 is 39.2 Å². The molecule has 0 saturated carbocycles. The van der Waals surface area contributed by atoms with Gasteiger partial charge >= 0.3 is 15.6 Å². The Labute approximate surface area is 234 Å². The molecule has 2 rings (SSSR count). The number of carbonyl (C=O) groups is 2. The molecule has 0 aliphatic carbocycles. The van der Waals surface area contributed by atoms with Crippen LogP contribution in [0.25, 0.3) is 0 Å². The lowest BCUT2D eigenvalue weighted by Gasteiger charge is -2.25. The zero-order valence-corrected chi connectivity index (χ0v) is 25.2. The molecule has 2 aliphatic heterocycles. The molecule has 2 aliphatic rings. The first-order valence-corrected chi connectivity index (χ1v) is 17.4. The summed E-state index contributed by atoms with van der Waals surface area (Å²) in [5, 5.41) is 10.1. The highest BCUT2D eigenvalue weighted by Crippen LogP contribution is 2.48. The molecule has 6 atom stereocenters. The van der Waals surface area contributed by atoms with Gasteiger partial charge in [0, 0.05) is 33.0 Å². The molecule has 2 heterocycles. The Morgan fingerprint density at radius 1 is 0.923 bits per heavy atom. The van der Waals surface area contributed by atoms with Gasteiger partial charge in [-0.3, -0.25) is 27.7 Å². The summed E-state index contributed by atoms with van der Waals surface area (Å²) in [5.41, 5.74) is 5.49. The molecule has 3 unspecified atom stereocenters. The fourth-order valence-electron chi connectivity index (χ4n) is 4.65. The molecule has 0 aromatic carbocycles. The van der Waals surface area contributed by atoms with Crippen LogP contribution in [0.4, 0.5) is 0 Å². The number of phosphoric ester groups is 2. The highest BCUT2D eigenvalue weighted by molar-refractivity contribution is 7.98. The number of unbranched alkanes of at least 4 members (excludes halogenated alkanes) is 2. The molecule has 0 aromatic heterocycles. The molecule has 0 bridgehead atoms. The number of nitrogens with zero attached hydrogens (tertiary/aromatic N) is 2. The van der Waals surface area contributed by atoms with Gasteiger partial charge in [0.2, 0.25) is 11.8 Å². The molecule has 0 aromatic rings. The molecular formula is C22H43N3O11P2S. The Balaban J connectivity index is 1.97. The van der Waals surface area contributed by atoms with Gasteiger partial charge in [0.25, 0.3) is 0 Å². The summed E-state index contributed by atoms with van der Waals surface area (Å²) in [7, 11) is -7.89. The van der Waals surface area contributed by atoms with E-state index < -0.39 is 39.9 Å². The zero-order valence-electron chi connectivity index (χ0n) is 22.6. The number of thioether (sulfide) groups is 1. The molecule has 39 heavy (non-hydrogen) atoms. The van der Waals surface area contributed by atoms with Crippen LogP contribution in [0, 0.1) is 0 Å². The van der Waals surface area contributed by atoms with Crippen LogP contribution in [-0.2, 0) is 36.8 Å². The van der Waals surface area contributed by atoms with Gasteiger partial charge in [0.1, 0.15) is 0 Å². The van der Waals surface area contributed by atoms with Gasteiger partial charge in [-0.1, -0.05) is 6.42 Å². The maximum atomic E-state index is 12.8. The lowest BCUT2D eigenvalue weighted by molar-refractivity contribution is -0.133. The lowest BCUT2D eigenvalue weighted by Crippen LogP contribution is -2.38. The smallest absolute Gasteiger partial charge is 0.391 e. The van der Waals surface area contributed by atoms with Crippen molar-refractivity contribution in [2.75, 3.05) is 52.0 Å². The SMILES string of the molecule is COP(=O)(O)OC[C@@H]1CC(OP(=O)(O)OC[C@@H]2C[C@@H](O)CN2C(=O)CCCSC)CN1C(=O)CCCCCN. The van der Waals surface area contributed by atoms with E-state index in [1.165, 1.54) is 9.80 Å². The van der Waals surface area contributed by atoms with Crippen LogP contribution in [0.15, 0.2) is 0 Å². The van der Waals surface area contributed by atoms with Gasteiger partial charge in [-0.25, -0.2) is 9.13 Å². The minimum Gasteiger partial charge on any atom is -0.391 e. The van der Waals surface area contributed by atoms with E-state index in [0.29, 0.717) is 25.8 Å². The number of carbonyl (C=O) groups excluding carboxylic acids is 2. The van der Waals surface area contributed by atoms with Crippen molar-refractivity contribution in [1.82, 2.24) is 9.80 Å². The normalized spacial score (nSPS) is 26.5. The van der Waals surface area contributed by atoms with Crippen molar-refractivity contribution in [1.29, 1.82) is 0 Å². The van der Waals surface area contributed by atoms with Crippen molar-refractivity contribution in [3.63, 3.8) is 0 Å². The van der Waals surface area contributed by atoms with Crippen molar-refractivity contribution in [3.05, 3.63) is 0 Å². The third-order valence-corrected chi connectivity index (χ3v) is 9.29. The van der Waals surface area contributed by atoms with E-state index in [0.717, 1.165) is 25.7 Å². The summed E-state index contributed by atoms with van der Waals surface area (Å²) in [6.45, 7) is -0.0272. The lowest BCUT2D eigenvalue weighted by atomic mass is 10.1. The van der Waals surface area contributed by atoms with E-state index in [9.17, 15) is 33.6 Å². The van der Waals surface area contributed by atoms with Crippen LogP contribution in [0.3, 0.4) is 0 Å². The van der Waals surface area contributed by atoms with Crippen LogP contribution in [0.2, 0.25) is 0 Å². The number of aliphatic hydroxyl groups excluding tert-OH is 1. The fourth-order valence-corrected chi connectivity index (χ4v) is 6.50. The van der Waals surface area contributed by atoms with Gasteiger partial charge in [0.15, 0.2) is 0 Å². The van der Waals surface area contributed by atoms with Crippen molar-refractivity contribution < 1.29 is 51.7 Å². The maximum Gasteiger partial charge on any atom is 0.472 e. The molecular weight excluding hydrogens is 576 g/mol. The largest absolute Gasteiger partial charge is 0.472 e. The van der Waals surface area contributed by atoms with Crippen molar-refractivity contribution in [2.45, 2.75) is 75.7 Å².